The fourth-order valence-electron chi connectivity index (χ4n) is 3.61. The lowest BCUT2D eigenvalue weighted by Crippen LogP contribution is -2.38. The molecule has 0 saturated carbocycles. The molecule has 0 aliphatic rings. The second-order valence-electron chi connectivity index (χ2n) is 8.47. The van der Waals surface area contributed by atoms with Crippen LogP contribution in [0.25, 0.3) is 10.2 Å². The van der Waals surface area contributed by atoms with Crippen molar-refractivity contribution in [1.82, 2.24) is 9.88 Å². The Hall–Kier alpha value is -2.05. The van der Waals surface area contributed by atoms with Crippen LogP contribution in [0.4, 0.5) is 5.13 Å². The third-order valence-electron chi connectivity index (χ3n) is 5.83. The highest BCUT2D eigenvalue weighted by Crippen LogP contribution is 2.33. The van der Waals surface area contributed by atoms with E-state index >= 15 is 0 Å². The Bertz CT molecular complexity index is 1410. The van der Waals surface area contributed by atoms with Gasteiger partial charge in [-0.2, -0.15) is 0 Å². The van der Waals surface area contributed by atoms with Crippen molar-refractivity contribution >= 4 is 64.7 Å². The number of carbonyl (C=O) groups excluding carboxylic acids is 1. The van der Waals surface area contributed by atoms with Gasteiger partial charge in [0.25, 0.3) is 5.91 Å². The van der Waals surface area contributed by atoms with Crippen molar-refractivity contribution in [2.75, 3.05) is 37.3 Å². The van der Waals surface area contributed by atoms with Gasteiger partial charge in [-0.3, -0.25) is 9.69 Å². The van der Waals surface area contributed by atoms with Crippen LogP contribution in [0.1, 0.15) is 38.1 Å². The molecule has 8 nitrogen and oxygen atoms in total. The van der Waals surface area contributed by atoms with Crippen molar-refractivity contribution in [2.24, 2.45) is 0 Å². The normalized spacial score (nSPS) is 12.2. The number of rotatable bonds is 10. The minimum absolute atomic E-state index is 0. The summed E-state index contributed by atoms with van der Waals surface area (Å²) in [6, 6.07) is 10.9. The molecule has 0 saturated heterocycles. The van der Waals surface area contributed by atoms with Crippen LogP contribution in [0.5, 0.6) is 0 Å². The van der Waals surface area contributed by atoms with Gasteiger partial charge in [0.05, 0.1) is 19.7 Å². The van der Waals surface area contributed by atoms with Gasteiger partial charge in [0.2, 0.25) is 0 Å². The summed E-state index contributed by atoms with van der Waals surface area (Å²) in [6.45, 7) is 9.90. The predicted octanol–water partition coefficient (Wildman–Crippen LogP) is 4.29. The van der Waals surface area contributed by atoms with Crippen molar-refractivity contribution in [2.45, 2.75) is 42.7 Å². The molecule has 0 bridgehead atoms. The van der Waals surface area contributed by atoms with Crippen molar-refractivity contribution in [3.05, 3.63) is 48.0 Å². The number of amides is 1. The zero-order valence-corrected chi connectivity index (χ0v) is 24.2. The minimum Gasteiger partial charge on any atom is -0.302 e. The molecule has 36 heavy (non-hydrogen) atoms. The molecule has 0 fully saturated rings. The van der Waals surface area contributed by atoms with E-state index < -0.39 is 24.9 Å². The van der Waals surface area contributed by atoms with Crippen LogP contribution in [-0.4, -0.2) is 70.3 Å². The molecule has 0 aliphatic carbocycles. The van der Waals surface area contributed by atoms with Crippen LogP contribution in [0.2, 0.25) is 0 Å². The summed E-state index contributed by atoms with van der Waals surface area (Å²) in [6.07, 6.45) is 1.14. The molecule has 3 aromatic rings. The Labute approximate surface area is 223 Å². The summed E-state index contributed by atoms with van der Waals surface area (Å²) >= 11 is 1.25. The highest BCUT2D eigenvalue weighted by molar-refractivity contribution is 7.92. The Morgan fingerprint density at radius 3 is 2.11 bits per heavy atom. The zero-order valence-electron chi connectivity index (χ0n) is 21.0. The summed E-state index contributed by atoms with van der Waals surface area (Å²) < 4.78 is 50.1. The lowest BCUT2D eigenvalue weighted by Gasteiger charge is -2.24. The van der Waals surface area contributed by atoms with Gasteiger partial charge < -0.3 is 4.90 Å². The molecule has 1 heterocycles. The van der Waals surface area contributed by atoms with E-state index in [1.165, 1.54) is 41.7 Å². The van der Waals surface area contributed by atoms with Crippen molar-refractivity contribution in [3.63, 3.8) is 0 Å². The fraction of sp³-hybridized carbons (Fsp3) is 0.417. The van der Waals surface area contributed by atoms with E-state index in [2.05, 4.69) is 9.88 Å². The topological polar surface area (TPSA) is 105 Å². The van der Waals surface area contributed by atoms with Gasteiger partial charge in [0, 0.05) is 24.9 Å². The molecule has 0 atom stereocenters. The van der Waals surface area contributed by atoms with Gasteiger partial charge in [-0.1, -0.05) is 31.3 Å². The summed E-state index contributed by atoms with van der Waals surface area (Å²) in [4.78, 5) is 22.2. The van der Waals surface area contributed by atoms with Crippen LogP contribution >= 0.6 is 23.7 Å². The Balaban J connectivity index is 0.00000456. The second kappa shape index (κ2) is 12.0. The van der Waals surface area contributed by atoms with Crippen LogP contribution < -0.4 is 4.90 Å². The lowest BCUT2D eigenvalue weighted by molar-refractivity contribution is 0.0983. The van der Waals surface area contributed by atoms with E-state index in [-0.39, 0.29) is 28.1 Å². The summed E-state index contributed by atoms with van der Waals surface area (Å²) in [5, 5.41) is -0.173. The van der Waals surface area contributed by atoms with Crippen molar-refractivity contribution < 1.29 is 21.6 Å². The maximum absolute atomic E-state index is 13.6. The number of likely N-dealkylation sites (N-methyl/N-ethyl adjacent to an activating group) is 1. The van der Waals surface area contributed by atoms with Gasteiger partial charge in [-0.15, -0.1) is 12.4 Å². The summed E-state index contributed by atoms with van der Waals surface area (Å²) in [5.74, 6) is -0.328. The van der Waals surface area contributed by atoms with Crippen LogP contribution in [0.15, 0.2) is 52.3 Å². The van der Waals surface area contributed by atoms with E-state index in [0.717, 1.165) is 19.3 Å². The first-order chi connectivity index (χ1) is 16.4. The first-order valence-corrected chi connectivity index (χ1v) is 15.6. The molecule has 1 amide bonds. The number of sulfone groups is 2. The molecule has 0 unspecified atom stereocenters. The fourth-order valence-corrected chi connectivity index (χ4v) is 6.58. The predicted molar refractivity (Wildman–Crippen MR) is 148 cm³/mol. The Morgan fingerprint density at radius 2 is 1.58 bits per heavy atom. The molecule has 3 rings (SSSR count). The summed E-state index contributed by atoms with van der Waals surface area (Å²) in [7, 11) is -6.95. The van der Waals surface area contributed by atoms with Crippen molar-refractivity contribution in [3.8, 4) is 0 Å². The molecule has 0 spiro atoms. The van der Waals surface area contributed by atoms with Gasteiger partial charge >= 0.3 is 0 Å². The van der Waals surface area contributed by atoms with Gasteiger partial charge in [-0.25, -0.2) is 21.8 Å². The Kier molecular flexibility index (Phi) is 10.1. The van der Waals surface area contributed by atoms with Crippen LogP contribution in [0, 0.1) is 0 Å². The molecule has 0 radical (unpaired) electrons. The quantitative estimate of drug-likeness (QED) is 0.356. The van der Waals surface area contributed by atoms with E-state index in [9.17, 15) is 21.6 Å². The standard InChI is InChI=1S/C24H31N3O5S3.ClH/c1-6-26(7-2)15-16-27(23(28)18-11-13-19(14-12-18)35(31,32)17(3)4)24-25-22-20(33-24)9-8-10-21(22)34(5,29)30;/h8-14,17H,6-7,15-16H2,1-5H3;1H. The third-order valence-corrected chi connectivity index (χ3v) is 10.2. The van der Waals surface area contributed by atoms with Gasteiger partial charge in [-0.05, 0) is 63.3 Å². The number of thiazole rings is 1. The average Bonchev–Trinajstić information content (AvgIpc) is 3.24. The molecule has 0 aliphatic heterocycles. The number of hydrogen-bond acceptors (Lipinski definition) is 8. The maximum Gasteiger partial charge on any atom is 0.260 e. The number of para-hydroxylation sites is 1. The lowest BCUT2D eigenvalue weighted by atomic mass is 10.2. The van der Waals surface area contributed by atoms with E-state index in [4.69, 9.17) is 0 Å². The molecule has 1 aromatic heterocycles. The van der Waals surface area contributed by atoms with E-state index in [1.807, 2.05) is 13.8 Å². The molecular weight excluding hydrogens is 542 g/mol. The number of nitrogens with zero attached hydrogens (tertiary/aromatic N) is 3. The van der Waals surface area contributed by atoms with Crippen LogP contribution in [-0.2, 0) is 19.7 Å². The zero-order chi connectivity index (χ0) is 26.0. The Morgan fingerprint density at radius 1 is 0.972 bits per heavy atom. The molecule has 198 valence electrons. The maximum atomic E-state index is 13.6. The highest BCUT2D eigenvalue weighted by Gasteiger charge is 2.25. The molecule has 12 heteroatoms. The number of halogens is 1. The van der Waals surface area contributed by atoms with Gasteiger partial charge in [0.1, 0.15) is 5.52 Å². The number of carbonyl (C=O) groups is 1. The number of anilines is 1. The highest BCUT2D eigenvalue weighted by atomic mass is 35.5. The minimum atomic E-state index is -3.50. The van der Waals surface area contributed by atoms with Crippen LogP contribution in [0.3, 0.4) is 0 Å². The molecule has 2 aromatic carbocycles. The largest absolute Gasteiger partial charge is 0.302 e. The smallest absolute Gasteiger partial charge is 0.260 e. The number of fused-ring (bicyclic) bond motifs is 1. The number of hydrogen-bond donors (Lipinski definition) is 0. The first kappa shape index (κ1) is 30.2. The summed E-state index contributed by atoms with van der Waals surface area (Å²) in [5.41, 5.74) is 0.670. The second-order valence-corrected chi connectivity index (χ2v) is 14.0. The van der Waals surface area contributed by atoms with E-state index in [1.54, 1.807) is 30.9 Å². The average molecular weight is 574 g/mol. The third kappa shape index (κ3) is 6.44. The van der Waals surface area contributed by atoms with E-state index in [0.29, 0.717) is 34.0 Å². The van der Waals surface area contributed by atoms with Gasteiger partial charge in [0.15, 0.2) is 24.8 Å². The number of aromatic nitrogens is 1. The van der Waals surface area contributed by atoms with Crippen molar-refractivity contribution in [1.29, 1.82) is 0 Å². The molecule has 0 N–H and O–H groups in total. The molecular formula is C24H32ClN3O5S3. The number of benzene rings is 2. The SMILES string of the molecule is CCN(CC)CCN(C(=O)c1ccc(S(=O)(=O)C(C)C)cc1)c1nc2c(S(C)(=O)=O)cccc2s1.Cl. The first-order valence-electron chi connectivity index (χ1n) is 11.4. The monoisotopic (exact) mass is 573 g/mol.